The highest BCUT2D eigenvalue weighted by Crippen LogP contribution is 2.27. The lowest BCUT2D eigenvalue weighted by Gasteiger charge is -2.27. The maximum absolute atomic E-state index is 13.2. The van der Waals surface area contributed by atoms with Crippen LogP contribution in [0.3, 0.4) is 0 Å². The standard InChI is InChI=1S/C16H17FN2O4/c1-21-16(11-22-13-4-2-3-12(17)9-13)6-7-19(10-16)15(20)14-5-8-23-18-14/h2-5,8-9H,6-7,10-11H2,1H3. The number of aromatic nitrogens is 1. The minimum atomic E-state index is -0.619. The molecule has 0 saturated carbocycles. The summed E-state index contributed by atoms with van der Waals surface area (Å²) in [5.41, 5.74) is -0.353. The van der Waals surface area contributed by atoms with Crippen LogP contribution in [0.4, 0.5) is 4.39 Å². The first kappa shape index (κ1) is 15.5. The van der Waals surface area contributed by atoms with E-state index >= 15 is 0 Å². The summed E-state index contributed by atoms with van der Waals surface area (Å²) in [6, 6.07) is 7.46. The number of methoxy groups -OCH3 is 1. The number of carbonyl (C=O) groups is 1. The zero-order chi connectivity index (χ0) is 16.3. The molecule has 1 unspecified atom stereocenters. The number of ether oxygens (including phenoxy) is 2. The molecule has 0 bridgehead atoms. The van der Waals surface area contributed by atoms with E-state index in [1.807, 2.05) is 0 Å². The number of benzene rings is 1. The molecule has 23 heavy (non-hydrogen) atoms. The fraction of sp³-hybridized carbons (Fsp3) is 0.375. The lowest BCUT2D eigenvalue weighted by Crippen LogP contribution is -2.42. The summed E-state index contributed by atoms with van der Waals surface area (Å²) < 4.78 is 29.1. The zero-order valence-electron chi connectivity index (χ0n) is 12.7. The summed E-state index contributed by atoms with van der Waals surface area (Å²) in [6.45, 7) is 1.14. The highest BCUT2D eigenvalue weighted by Gasteiger charge is 2.41. The molecule has 1 aromatic carbocycles. The van der Waals surface area contributed by atoms with Crippen LogP contribution in [0.25, 0.3) is 0 Å². The van der Waals surface area contributed by atoms with Crippen LogP contribution in [-0.2, 0) is 4.74 Å². The summed E-state index contributed by atoms with van der Waals surface area (Å²) in [4.78, 5) is 13.9. The van der Waals surface area contributed by atoms with E-state index < -0.39 is 5.60 Å². The van der Waals surface area contributed by atoms with Gasteiger partial charge in [-0.3, -0.25) is 4.79 Å². The molecule has 2 aromatic rings. The number of carbonyl (C=O) groups excluding carboxylic acids is 1. The summed E-state index contributed by atoms with van der Waals surface area (Å²) in [5.74, 6) is -0.130. The van der Waals surface area contributed by atoms with Gasteiger partial charge in [-0.25, -0.2) is 4.39 Å². The Labute approximate surface area is 132 Å². The predicted octanol–water partition coefficient (Wildman–Crippen LogP) is 2.12. The Bertz CT molecular complexity index is 676. The van der Waals surface area contributed by atoms with Gasteiger partial charge in [-0.05, 0) is 18.6 Å². The molecule has 1 aliphatic rings. The number of likely N-dealkylation sites (tertiary alicyclic amines) is 1. The Kier molecular flexibility index (Phi) is 4.29. The fourth-order valence-electron chi connectivity index (χ4n) is 2.62. The van der Waals surface area contributed by atoms with E-state index in [1.54, 1.807) is 24.1 Å². The molecule has 0 radical (unpaired) electrons. The van der Waals surface area contributed by atoms with Crippen LogP contribution in [0.2, 0.25) is 0 Å². The van der Waals surface area contributed by atoms with Gasteiger partial charge in [-0.15, -0.1) is 0 Å². The molecule has 1 amide bonds. The third-order valence-electron chi connectivity index (χ3n) is 3.99. The second kappa shape index (κ2) is 6.37. The van der Waals surface area contributed by atoms with E-state index in [2.05, 4.69) is 5.16 Å². The number of amides is 1. The molecule has 122 valence electrons. The molecule has 0 N–H and O–H groups in total. The Morgan fingerprint density at radius 3 is 3.04 bits per heavy atom. The first-order chi connectivity index (χ1) is 11.1. The first-order valence-electron chi connectivity index (χ1n) is 7.25. The quantitative estimate of drug-likeness (QED) is 0.844. The normalized spacial score (nSPS) is 20.7. The smallest absolute Gasteiger partial charge is 0.276 e. The van der Waals surface area contributed by atoms with Gasteiger partial charge in [0.1, 0.15) is 30.0 Å². The van der Waals surface area contributed by atoms with Crippen LogP contribution >= 0.6 is 0 Å². The van der Waals surface area contributed by atoms with Crippen molar-refractivity contribution in [2.24, 2.45) is 0 Å². The van der Waals surface area contributed by atoms with Crippen LogP contribution in [0.15, 0.2) is 41.1 Å². The monoisotopic (exact) mass is 320 g/mol. The van der Waals surface area contributed by atoms with Gasteiger partial charge >= 0.3 is 0 Å². The van der Waals surface area contributed by atoms with E-state index in [1.165, 1.54) is 24.5 Å². The average molecular weight is 320 g/mol. The molecule has 1 aromatic heterocycles. The van der Waals surface area contributed by atoms with E-state index in [9.17, 15) is 9.18 Å². The largest absolute Gasteiger partial charge is 0.490 e. The summed E-state index contributed by atoms with van der Waals surface area (Å²) in [6.07, 6.45) is 1.99. The van der Waals surface area contributed by atoms with E-state index in [-0.39, 0.29) is 24.0 Å². The van der Waals surface area contributed by atoms with Gasteiger partial charge in [-0.2, -0.15) is 0 Å². The Morgan fingerprint density at radius 2 is 2.35 bits per heavy atom. The second-order valence-corrected chi connectivity index (χ2v) is 5.49. The summed E-state index contributed by atoms with van der Waals surface area (Å²) in [7, 11) is 1.58. The molecular weight excluding hydrogens is 303 g/mol. The highest BCUT2D eigenvalue weighted by molar-refractivity contribution is 5.92. The van der Waals surface area contributed by atoms with E-state index in [0.717, 1.165) is 0 Å². The molecular formula is C16H17FN2O4. The molecule has 2 heterocycles. The van der Waals surface area contributed by atoms with Gasteiger partial charge in [-0.1, -0.05) is 11.2 Å². The van der Waals surface area contributed by atoms with Crippen molar-refractivity contribution in [3.05, 3.63) is 48.1 Å². The van der Waals surface area contributed by atoms with Crippen LogP contribution in [0.5, 0.6) is 5.75 Å². The first-order valence-corrected chi connectivity index (χ1v) is 7.25. The fourth-order valence-corrected chi connectivity index (χ4v) is 2.62. The van der Waals surface area contributed by atoms with Gasteiger partial charge in [0.25, 0.3) is 5.91 Å². The number of rotatable bonds is 5. The van der Waals surface area contributed by atoms with Crippen LogP contribution in [0.1, 0.15) is 16.9 Å². The molecule has 7 heteroatoms. The average Bonchev–Trinajstić information content (AvgIpc) is 3.23. The molecule has 0 spiro atoms. The van der Waals surface area contributed by atoms with Gasteiger partial charge in [0.05, 0.1) is 6.54 Å². The molecule has 6 nitrogen and oxygen atoms in total. The number of hydrogen-bond donors (Lipinski definition) is 0. The minimum Gasteiger partial charge on any atom is -0.490 e. The number of hydrogen-bond acceptors (Lipinski definition) is 5. The molecule has 1 saturated heterocycles. The van der Waals surface area contributed by atoms with Crippen LogP contribution in [-0.4, -0.2) is 48.4 Å². The van der Waals surface area contributed by atoms with Gasteiger partial charge < -0.3 is 18.9 Å². The zero-order valence-corrected chi connectivity index (χ0v) is 12.7. The Morgan fingerprint density at radius 1 is 1.48 bits per heavy atom. The predicted molar refractivity (Wildman–Crippen MR) is 78.7 cm³/mol. The maximum atomic E-state index is 13.2. The third-order valence-corrected chi connectivity index (χ3v) is 3.99. The lowest BCUT2D eigenvalue weighted by molar-refractivity contribution is -0.0343. The Balaban J connectivity index is 1.64. The third kappa shape index (κ3) is 3.34. The van der Waals surface area contributed by atoms with Crippen LogP contribution in [0, 0.1) is 5.82 Å². The Hall–Kier alpha value is -2.41. The minimum absolute atomic E-state index is 0.205. The van der Waals surface area contributed by atoms with Crippen molar-refractivity contribution in [2.45, 2.75) is 12.0 Å². The number of halogens is 1. The molecule has 1 atom stereocenters. The summed E-state index contributed by atoms with van der Waals surface area (Å²) in [5, 5.41) is 3.66. The second-order valence-electron chi connectivity index (χ2n) is 5.49. The van der Waals surface area contributed by atoms with E-state index in [0.29, 0.717) is 25.3 Å². The molecule has 0 aliphatic carbocycles. The summed E-state index contributed by atoms with van der Waals surface area (Å²) >= 11 is 0. The van der Waals surface area contributed by atoms with Gasteiger partial charge in [0.2, 0.25) is 0 Å². The van der Waals surface area contributed by atoms with Crippen molar-refractivity contribution in [1.82, 2.24) is 10.1 Å². The van der Waals surface area contributed by atoms with Gasteiger partial charge in [0, 0.05) is 25.8 Å². The topological polar surface area (TPSA) is 64.8 Å². The van der Waals surface area contributed by atoms with Crippen molar-refractivity contribution in [3.63, 3.8) is 0 Å². The van der Waals surface area contributed by atoms with Crippen molar-refractivity contribution in [1.29, 1.82) is 0 Å². The van der Waals surface area contributed by atoms with Crippen molar-refractivity contribution in [3.8, 4) is 5.75 Å². The van der Waals surface area contributed by atoms with Crippen molar-refractivity contribution >= 4 is 5.91 Å². The van der Waals surface area contributed by atoms with E-state index in [4.69, 9.17) is 14.0 Å². The SMILES string of the molecule is COC1(COc2cccc(F)c2)CCN(C(=O)c2ccon2)C1. The number of nitrogens with zero attached hydrogens (tertiary/aromatic N) is 2. The highest BCUT2D eigenvalue weighted by atomic mass is 19.1. The van der Waals surface area contributed by atoms with Crippen molar-refractivity contribution in [2.75, 3.05) is 26.8 Å². The molecule has 1 aliphatic heterocycles. The van der Waals surface area contributed by atoms with Gasteiger partial charge in [0.15, 0.2) is 5.69 Å². The van der Waals surface area contributed by atoms with Crippen LogP contribution < -0.4 is 4.74 Å². The molecule has 1 fully saturated rings. The molecule has 3 rings (SSSR count). The lowest BCUT2D eigenvalue weighted by atomic mass is 10.0. The maximum Gasteiger partial charge on any atom is 0.276 e. The van der Waals surface area contributed by atoms with Crippen molar-refractivity contribution < 1.29 is 23.2 Å².